The van der Waals surface area contributed by atoms with Crippen molar-refractivity contribution in [2.45, 2.75) is 44.9 Å². The molecule has 1 atom stereocenters. The molecule has 1 aromatic carbocycles. The molecule has 0 radical (unpaired) electrons. The van der Waals surface area contributed by atoms with Gasteiger partial charge in [-0.1, -0.05) is 19.9 Å². The fourth-order valence-electron chi connectivity index (χ4n) is 3.90. The molecule has 0 spiro atoms. The zero-order chi connectivity index (χ0) is 25.4. The van der Waals surface area contributed by atoms with Crippen LogP contribution in [0.15, 0.2) is 58.7 Å². The van der Waals surface area contributed by atoms with Crippen molar-refractivity contribution in [3.63, 3.8) is 0 Å². The van der Waals surface area contributed by atoms with Crippen LogP contribution in [0, 0.1) is 18.7 Å². The number of hydrogen-bond donors (Lipinski definition) is 0. The lowest BCUT2D eigenvalue weighted by atomic mass is 9.99. The molecule has 1 fully saturated rings. The first-order valence-corrected chi connectivity index (χ1v) is 13.6. The second-order valence-electron chi connectivity index (χ2n) is 8.96. The Morgan fingerprint density at radius 3 is 2.46 bits per heavy atom. The van der Waals surface area contributed by atoms with E-state index < -0.39 is 16.6 Å². The van der Waals surface area contributed by atoms with Crippen LogP contribution < -0.4 is 4.90 Å². The molecule has 2 aromatic heterocycles. The normalized spacial score (nSPS) is 15.1. The van der Waals surface area contributed by atoms with Crippen molar-refractivity contribution in [1.29, 1.82) is 0 Å². The molecule has 3 heterocycles. The van der Waals surface area contributed by atoms with E-state index in [-0.39, 0.29) is 0 Å². The molecular formula is C28H35FN4OS. The Morgan fingerprint density at radius 2 is 1.89 bits per heavy atom. The maximum atomic E-state index is 14.1. The van der Waals surface area contributed by atoms with Crippen molar-refractivity contribution in [3.05, 3.63) is 71.3 Å². The average Bonchev–Trinajstić information content (AvgIpc) is 2.86. The third-order valence-corrected chi connectivity index (χ3v) is 7.20. The number of benzene rings is 1. The minimum Gasteiger partial charge on any atom is -0.357 e. The first-order valence-electron chi connectivity index (χ1n) is 12.0. The number of nitrogens with zero attached hydrogens (tertiary/aromatic N) is 4. The van der Waals surface area contributed by atoms with Gasteiger partial charge in [-0.25, -0.2) is 9.37 Å². The van der Waals surface area contributed by atoms with Gasteiger partial charge in [0.1, 0.15) is 11.6 Å². The van der Waals surface area contributed by atoms with Crippen molar-refractivity contribution in [2.75, 3.05) is 31.3 Å². The number of aliphatic imine (C=N–C) groups is 1. The molecule has 0 amide bonds. The minimum absolute atomic E-state index is 0.393. The number of anilines is 1. The molecule has 0 bridgehead atoms. The Hall–Kier alpha value is -2.93. The summed E-state index contributed by atoms with van der Waals surface area (Å²) >= 11 is 0. The van der Waals surface area contributed by atoms with Gasteiger partial charge in [-0.2, -0.15) is 0 Å². The first kappa shape index (κ1) is 26.7. The Bertz CT molecular complexity index is 1170. The van der Waals surface area contributed by atoms with Crippen molar-refractivity contribution >= 4 is 22.8 Å². The smallest absolute Gasteiger partial charge is 0.133 e. The van der Waals surface area contributed by atoms with Crippen LogP contribution in [0.4, 0.5) is 10.2 Å². The zero-order valence-corrected chi connectivity index (χ0v) is 22.1. The highest BCUT2D eigenvalue weighted by atomic mass is 32.2. The predicted octanol–water partition coefficient (Wildman–Crippen LogP) is 5.86. The molecule has 7 heteroatoms. The van der Waals surface area contributed by atoms with Gasteiger partial charge in [-0.3, -0.25) is 14.2 Å². The van der Waals surface area contributed by atoms with E-state index >= 15 is 0 Å². The largest absolute Gasteiger partial charge is 0.357 e. The summed E-state index contributed by atoms with van der Waals surface area (Å²) in [4.78, 5) is 15.6. The number of halogens is 1. The maximum absolute atomic E-state index is 14.1. The lowest BCUT2D eigenvalue weighted by Gasteiger charge is -2.31. The van der Waals surface area contributed by atoms with Gasteiger partial charge in [-0.15, -0.1) is 0 Å². The summed E-state index contributed by atoms with van der Waals surface area (Å²) in [5.74, 6) is 1.61. The lowest BCUT2D eigenvalue weighted by Crippen LogP contribution is -2.33. The summed E-state index contributed by atoms with van der Waals surface area (Å²) in [6, 6.07) is 10.7. The summed E-state index contributed by atoms with van der Waals surface area (Å²) in [6.07, 6.45) is 10.6. The second-order valence-corrected chi connectivity index (χ2v) is 10.3. The molecule has 1 aliphatic heterocycles. The summed E-state index contributed by atoms with van der Waals surface area (Å²) < 4.78 is 25.4. The molecule has 3 aromatic rings. The van der Waals surface area contributed by atoms with Gasteiger partial charge in [0.2, 0.25) is 0 Å². The van der Waals surface area contributed by atoms with Crippen LogP contribution in [0.5, 0.6) is 0 Å². The summed E-state index contributed by atoms with van der Waals surface area (Å²) in [6.45, 7) is 8.76. The Balaban J connectivity index is 0.000000203. The van der Waals surface area contributed by atoms with E-state index in [1.165, 1.54) is 43.8 Å². The Labute approximate surface area is 211 Å². The van der Waals surface area contributed by atoms with Gasteiger partial charge >= 0.3 is 0 Å². The second kappa shape index (κ2) is 12.7. The van der Waals surface area contributed by atoms with E-state index in [1.807, 2.05) is 13.1 Å². The highest BCUT2D eigenvalue weighted by Gasteiger charge is 2.16. The number of hydrogen-bond acceptors (Lipinski definition) is 5. The van der Waals surface area contributed by atoms with Gasteiger partial charge in [0, 0.05) is 66.3 Å². The fourth-order valence-corrected chi connectivity index (χ4v) is 4.43. The molecule has 1 saturated heterocycles. The Morgan fingerprint density at radius 1 is 1.14 bits per heavy atom. The molecule has 1 aliphatic rings. The van der Waals surface area contributed by atoms with Crippen LogP contribution in [-0.2, 0) is 17.2 Å². The van der Waals surface area contributed by atoms with Crippen LogP contribution in [-0.4, -0.2) is 46.8 Å². The summed E-state index contributed by atoms with van der Waals surface area (Å²) in [5.41, 5.74) is 4.14. The molecule has 5 nitrogen and oxygen atoms in total. The molecule has 1 unspecified atom stereocenters. The molecule has 4 rings (SSSR count). The first-order chi connectivity index (χ1) is 16.8. The van der Waals surface area contributed by atoms with Crippen LogP contribution in [0.25, 0.3) is 11.3 Å². The van der Waals surface area contributed by atoms with Crippen LogP contribution in [0.2, 0.25) is 0 Å². The van der Waals surface area contributed by atoms with E-state index in [4.69, 9.17) is 0 Å². The highest BCUT2D eigenvalue weighted by molar-refractivity contribution is 7.84. The molecule has 0 N–H and O–H groups in total. The van der Waals surface area contributed by atoms with Gasteiger partial charge in [0.25, 0.3) is 0 Å². The van der Waals surface area contributed by atoms with E-state index in [9.17, 15) is 8.60 Å². The minimum atomic E-state index is -1.20. The third kappa shape index (κ3) is 7.28. The number of rotatable bonds is 5. The monoisotopic (exact) mass is 494 g/mol. The number of aromatic nitrogens is 2. The molecule has 35 heavy (non-hydrogen) atoms. The third-order valence-electron chi connectivity index (χ3n) is 6.29. The zero-order valence-electron chi connectivity index (χ0n) is 21.3. The average molecular weight is 495 g/mol. The van der Waals surface area contributed by atoms with Gasteiger partial charge in [0.15, 0.2) is 0 Å². The van der Waals surface area contributed by atoms with Crippen LogP contribution >= 0.6 is 0 Å². The number of piperidine rings is 1. The summed E-state index contributed by atoms with van der Waals surface area (Å²) in [7, 11) is 0.489. The SMILES string of the molecule is CCc1ccc(N2CCC(C)CC2)nc1.CN=Cc1cc(-c2ccc(S(C)=O)cc2F)ncc1C. The molecule has 0 aliphatic carbocycles. The number of aryl methyl sites for hydroxylation is 2. The maximum Gasteiger partial charge on any atom is 0.133 e. The van der Waals surface area contributed by atoms with Gasteiger partial charge in [-0.05, 0) is 79.1 Å². The van der Waals surface area contributed by atoms with Gasteiger partial charge in [0.05, 0.1) is 5.69 Å². The molecule has 0 saturated carbocycles. The molecular weight excluding hydrogens is 459 g/mol. The fraction of sp³-hybridized carbons (Fsp3) is 0.393. The van der Waals surface area contributed by atoms with E-state index in [0.717, 1.165) is 29.3 Å². The Kier molecular flexibility index (Phi) is 9.66. The predicted molar refractivity (Wildman–Crippen MR) is 144 cm³/mol. The van der Waals surface area contributed by atoms with Crippen molar-refractivity contribution in [3.8, 4) is 11.3 Å². The van der Waals surface area contributed by atoms with Crippen LogP contribution in [0.3, 0.4) is 0 Å². The summed E-state index contributed by atoms with van der Waals surface area (Å²) in [5, 5.41) is 0. The van der Waals surface area contributed by atoms with Crippen molar-refractivity contribution < 1.29 is 8.60 Å². The quantitative estimate of drug-likeness (QED) is 0.417. The van der Waals surface area contributed by atoms with E-state index in [1.54, 1.807) is 37.7 Å². The topological polar surface area (TPSA) is 58.5 Å². The van der Waals surface area contributed by atoms with Gasteiger partial charge < -0.3 is 4.90 Å². The van der Waals surface area contributed by atoms with Crippen molar-refractivity contribution in [2.24, 2.45) is 10.9 Å². The lowest BCUT2D eigenvalue weighted by molar-refractivity contribution is 0.436. The van der Waals surface area contributed by atoms with E-state index in [2.05, 4.69) is 45.8 Å². The highest BCUT2D eigenvalue weighted by Crippen LogP contribution is 2.24. The van der Waals surface area contributed by atoms with Crippen molar-refractivity contribution in [1.82, 2.24) is 9.97 Å². The standard InChI is InChI=1S/C15H15FN2OS.C13H20N2/c1-10-8-18-15(6-11(10)9-17-2)13-5-4-12(20(3)19)7-14(13)16;1-3-12-4-5-13(14-10-12)15-8-6-11(2)7-9-15/h4-9H,1-3H3;4-5,10-11H,3,6-9H2,1-2H3. The number of pyridine rings is 2. The van der Waals surface area contributed by atoms with Crippen LogP contribution in [0.1, 0.15) is 43.4 Å². The molecule has 186 valence electrons. The van der Waals surface area contributed by atoms with E-state index in [0.29, 0.717) is 16.2 Å².